The van der Waals surface area contributed by atoms with Crippen molar-refractivity contribution in [1.82, 2.24) is 0 Å². The summed E-state index contributed by atoms with van der Waals surface area (Å²) >= 11 is 3.17. The lowest BCUT2D eigenvalue weighted by atomic mass is 10.1. The number of carbonyl (C=O) groups is 2. The molecule has 0 aliphatic rings. The van der Waals surface area contributed by atoms with Gasteiger partial charge in [0.15, 0.2) is 10.4 Å². The molecule has 31 heavy (non-hydrogen) atoms. The van der Waals surface area contributed by atoms with E-state index in [2.05, 4.69) is 52.2 Å². The molecule has 0 unspecified atom stereocenters. The normalized spacial score (nSPS) is 10.7. The highest BCUT2D eigenvalue weighted by Gasteiger charge is 2.12. The number of rotatable bonds is 8. The van der Waals surface area contributed by atoms with Gasteiger partial charge < -0.3 is 20.0 Å². The lowest BCUT2D eigenvalue weighted by molar-refractivity contribution is -0.115. The summed E-state index contributed by atoms with van der Waals surface area (Å²) in [5, 5.41) is 5.69. The van der Waals surface area contributed by atoms with E-state index in [1.165, 1.54) is 0 Å². The molecule has 162 valence electrons. The molecular formula is C24H26BrN3O3. The number of nitrogens with one attached hydrogen (secondary N) is 2. The summed E-state index contributed by atoms with van der Waals surface area (Å²) in [6, 6.07) is 18.7. The van der Waals surface area contributed by atoms with Gasteiger partial charge in [0.25, 0.3) is 5.91 Å². The second-order valence-corrected chi connectivity index (χ2v) is 8.19. The zero-order chi connectivity index (χ0) is 22.4. The highest BCUT2D eigenvalue weighted by Crippen LogP contribution is 2.20. The molecule has 7 heteroatoms. The van der Waals surface area contributed by atoms with Gasteiger partial charge in [-0.3, -0.25) is 9.59 Å². The van der Waals surface area contributed by atoms with Gasteiger partial charge in [-0.2, -0.15) is 0 Å². The van der Waals surface area contributed by atoms with Crippen molar-refractivity contribution in [3.05, 3.63) is 76.7 Å². The van der Waals surface area contributed by atoms with Crippen molar-refractivity contribution in [2.75, 3.05) is 22.1 Å². The molecular weight excluding hydrogens is 458 g/mol. The number of benzene rings is 2. The molecule has 1 heterocycles. The number of amides is 2. The lowest BCUT2D eigenvalue weighted by Gasteiger charge is -2.27. The molecule has 1 aromatic heterocycles. The average molecular weight is 484 g/mol. The minimum atomic E-state index is -0.334. The van der Waals surface area contributed by atoms with Crippen LogP contribution in [0.2, 0.25) is 0 Å². The molecule has 3 aromatic rings. The van der Waals surface area contributed by atoms with Gasteiger partial charge in [0.2, 0.25) is 5.91 Å². The molecule has 0 radical (unpaired) electrons. The molecule has 0 bridgehead atoms. The Labute approximate surface area is 190 Å². The number of anilines is 3. The Morgan fingerprint density at radius 2 is 1.55 bits per heavy atom. The Bertz CT molecular complexity index is 1030. The maximum atomic E-state index is 12.4. The van der Waals surface area contributed by atoms with Gasteiger partial charge in [-0.25, -0.2) is 0 Å². The van der Waals surface area contributed by atoms with E-state index in [0.717, 1.165) is 23.5 Å². The standard InChI is InChI=1S/C24H26BrN3O3/c1-4-28(16(2)3)20-11-9-18(10-12-20)26-23(29)15-17-5-7-19(8-6-17)27-24(30)21-13-14-22(25)31-21/h5-14,16H,4,15H2,1-3H3,(H,26,29)(H,27,30). The molecule has 0 atom stereocenters. The van der Waals surface area contributed by atoms with Crippen LogP contribution in [0.3, 0.4) is 0 Å². The molecule has 0 saturated heterocycles. The van der Waals surface area contributed by atoms with Crippen LogP contribution in [0.25, 0.3) is 0 Å². The van der Waals surface area contributed by atoms with Crippen molar-refractivity contribution in [3.63, 3.8) is 0 Å². The SMILES string of the molecule is CCN(c1ccc(NC(=O)Cc2ccc(NC(=O)c3ccc(Br)o3)cc2)cc1)C(C)C. The summed E-state index contributed by atoms with van der Waals surface area (Å²) in [5.41, 5.74) is 3.38. The van der Waals surface area contributed by atoms with Crippen LogP contribution in [-0.2, 0) is 11.2 Å². The molecule has 0 aliphatic heterocycles. The van der Waals surface area contributed by atoms with Crippen LogP contribution >= 0.6 is 15.9 Å². The summed E-state index contributed by atoms with van der Waals surface area (Å²) < 4.78 is 5.73. The van der Waals surface area contributed by atoms with Gasteiger partial charge in [0.05, 0.1) is 6.42 Å². The van der Waals surface area contributed by atoms with E-state index in [1.807, 2.05) is 36.4 Å². The third-order valence-corrected chi connectivity index (χ3v) is 5.25. The summed E-state index contributed by atoms with van der Waals surface area (Å²) in [6.07, 6.45) is 0.244. The second-order valence-electron chi connectivity index (χ2n) is 7.41. The highest BCUT2D eigenvalue weighted by atomic mass is 79.9. The Balaban J connectivity index is 1.54. The number of furan rings is 1. The van der Waals surface area contributed by atoms with Crippen molar-refractivity contribution in [1.29, 1.82) is 0 Å². The topological polar surface area (TPSA) is 74.6 Å². The summed E-state index contributed by atoms with van der Waals surface area (Å²) in [6.45, 7) is 7.37. The molecule has 2 aromatic carbocycles. The molecule has 0 fully saturated rings. The molecule has 3 rings (SSSR count). The van der Waals surface area contributed by atoms with E-state index in [9.17, 15) is 9.59 Å². The first-order valence-corrected chi connectivity index (χ1v) is 11.0. The van der Waals surface area contributed by atoms with E-state index in [4.69, 9.17) is 4.42 Å². The first-order valence-electron chi connectivity index (χ1n) is 10.2. The van der Waals surface area contributed by atoms with Gasteiger partial charge >= 0.3 is 0 Å². The smallest absolute Gasteiger partial charge is 0.291 e. The first kappa shape index (κ1) is 22.6. The Hall–Kier alpha value is -3.06. The predicted octanol–water partition coefficient (Wildman–Crippen LogP) is 5.71. The van der Waals surface area contributed by atoms with Crippen LogP contribution in [-0.4, -0.2) is 24.4 Å². The van der Waals surface area contributed by atoms with E-state index in [0.29, 0.717) is 16.4 Å². The molecule has 0 aliphatic carbocycles. The van der Waals surface area contributed by atoms with Gasteiger partial charge in [-0.15, -0.1) is 0 Å². The lowest BCUT2D eigenvalue weighted by Crippen LogP contribution is -2.30. The van der Waals surface area contributed by atoms with Crippen LogP contribution in [0.15, 0.2) is 69.8 Å². The van der Waals surface area contributed by atoms with E-state index in [-0.39, 0.29) is 24.0 Å². The van der Waals surface area contributed by atoms with Gasteiger partial charge in [-0.05, 0) is 90.8 Å². The van der Waals surface area contributed by atoms with Crippen LogP contribution < -0.4 is 15.5 Å². The number of nitrogens with zero attached hydrogens (tertiary/aromatic N) is 1. The minimum absolute atomic E-state index is 0.0961. The summed E-state index contributed by atoms with van der Waals surface area (Å²) in [4.78, 5) is 26.8. The fourth-order valence-electron chi connectivity index (χ4n) is 3.31. The van der Waals surface area contributed by atoms with Gasteiger partial charge in [0.1, 0.15) is 0 Å². The Kier molecular flexibility index (Phi) is 7.52. The first-order chi connectivity index (χ1) is 14.9. The summed E-state index contributed by atoms with van der Waals surface area (Å²) in [7, 11) is 0. The van der Waals surface area contributed by atoms with E-state index < -0.39 is 0 Å². The molecule has 6 nitrogen and oxygen atoms in total. The number of hydrogen-bond donors (Lipinski definition) is 2. The second kappa shape index (κ2) is 10.3. The van der Waals surface area contributed by atoms with Crippen molar-refractivity contribution >= 4 is 44.8 Å². The molecule has 0 spiro atoms. The maximum absolute atomic E-state index is 12.4. The van der Waals surface area contributed by atoms with Crippen molar-refractivity contribution in [2.45, 2.75) is 33.2 Å². The maximum Gasteiger partial charge on any atom is 0.291 e. The molecule has 2 amide bonds. The van der Waals surface area contributed by atoms with E-state index in [1.54, 1.807) is 24.3 Å². The average Bonchev–Trinajstić information content (AvgIpc) is 3.17. The highest BCUT2D eigenvalue weighted by molar-refractivity contribution is 9.10. The van der Waals surface area contributed by atoms with Crippen LogP contribution in [0.4, 0.5) is 17.1 Å². The molecule has 0 saturated carbocycles. The quantitative estimate of drug-likeness (QED) is 0.430. The fraction of sp³-hybridized carbons (Fsp3) is 0.250. The van der Waals surface area contributed by atoms with Gasteiger partial charge in [-0.1, -0.05) is 12.1 Å². The minimum Gasteiger partial charge on any atom is -0.444 e. The van der Waals surface area contributed by atoms with Crippen LogP contribution in [0.1, 0.15) is 36.9 Å². The summed E-state index contributed by atoms with van der Waals surface area (Å²) in [5.74, 6) is -0.211. The number of carbonyl (C=O) groups excluding carboxylic acids is 2. The zero-order valence-corrected chi connectivity index (χ0v) is 19.4. The Morgan fingerprint density at radius 1 is 0.935 bits per heavy atom. The van der Waals surface area contributed by atoms with Crippen molar-refractivity contribution in [3.8, 4) is 0 Å². The van der Waals surface area contributed by atoms with Gasteiger partial charge in [0, 0.05) is 29.6 Å². The predicted molar refractivity (Wildman–Crippen MR) is 128 cm³/mol. The number of halogens is 1. The third-order valence-electron chi connectivity index (χ3n) is 4.82. The largest absolute Gasteiger partial charge is 0.444 e. The third kappa shape index (κ3) is 6.21. The van der Waals surface area contributed by atoms with Crippen LogP contribution in [0, 0.1) is 0 Å². The molecule has 2 N–H and O–H groups in total. The van der Waals surface area contributed by atoms with Crippen molar-refractivity contribution in [2.24, 2.45) is 0 Å². The number of hydrogen-bond acceptors (Lipinski definition) is 4. The van der Waals surface area contributed by atoms with E-state index >= 15 is 0 Å². The fourth-order valence-corrected chi connectivity index (χ4v) is 3.61. The van der Waals surface area contributed by atoms with Crippen molar-refractivity contribution < 1.29 is 14.0 Å². The van der Waals surface area contributed by atoms with Crippen LogP contribution in [0.5, 0.6) is 0 Å². The monoisotopic (exact) mass is 483 g/mol. The Morgan fingerprint density at radius 3 is 2.10 bits per heavy atom. The zero-order valence-electron chi connectivity index (χ0n) is 17.8.